The third-order valence-electron chi connectivity index (χ3n) is 2.94. The molecule has 2 nitrogen and oxygen atoms in total. The quantitative estimate of drug-likeness (QED) is 0.660. The Balaban J connectivity index is 2.31. The van der Waals surface area contributed by atoms with E-state index >= 15 is 0 Å². The zero-order valence-electron chi connectivity index (χ0n) is 10.3. The van der Waals surface area contributed by atoms with Crippen molar-refractivity contribution in [3.8, 4) is 0 Å². The maximum absolute atomic E-state index is 13.7. The van der Waals surface area contributed by atoms with Gasteiger partial charge in [-0.15, -0.1) is 0 Å². The van der Waals surface area contributed by atoms with Crippen LogP contribution in [0.1, 0.15) is 17.2 Å². The molecule has 2 aromatic carbocycles. The summed E-state index contributed by atoms with van der Waals surface area (Å²) in [6.45, 7) is 0. The van der Waals surface area contributed by atoms with Crippen LogP contribution in [0, 0.1) is 11.6 Å². The highest BCUT2D eigenvalue weighted by molar-refractivity contribution is 6.34. The summed E-state index contributed by atoms with van der Waals surface area (Å²) < 4.78 is 26.9. The van der Waals surface area contributed by atoms with Gasteiger partial charge in [-0.1, -0.05) is 35.3 Å². The summed E-state index contributed by atoms with van der Waals surface area (Å²) in [7, 11) is 0. The molecule has 1 unspecified atom stereocenters. The summed E-state index contributed by atoms with van der Waals surface area (Å²) in [4.78, 5) is 0. The molecule has 2 aromatic rings. The van der Waals surface area contributed by atoms with Gasteiger partial charge in [-0.3, -0.25) is 11.3 Å². The lowest BCUT2D eigenvalue weighted by atomic mass is 9.99. The van der Waals surface area contributed by atoms with Gasteiger partial charge in [0, 0.05) is 10.0 Å². The molecule has 0 fully saturated rings. The van der Waals surface area contributed by atoms with Gasteiger partial charge >= 0.3 is 0 Å². The van der Waals surface area contributed by atoms with Crippen LogP contribution in [0.4, 0.5) is 8.78 Å². The molecule has 0 saturated carbocycles. The molecule has 106 valence electrons. The third kappa shape index (κ3) is 3.46. The second-order valence-corrected chi connectivity index (χ2v) is 5.21. The Morgan fingerprint density at radius 3 is 2.35 bits per heavy atom. The molecule has 0 aliphatic rings. The minimum absolute atomic E-state index is 0.177. The number of nitrogens with two attached hydrogens (primary N) is 1. The first-order valence-corrected chi connectivity index (χ1v) is 6.62. The fourth-order valence-electron chi connectivity index (χ4n) is 1.98. The van der Waals surface area contributed by atoms with E-state index in [9.17, 15) is 8.78 Å². The molecule has 6 heteroatoms. The Hall–Kier alpha value is -1.20. The van der Waals surface area contributed by atoms with Crippen LogP contribution in [0.5, 0.6) is 0 Å². The van der Waals surface area contributed by atoms with Crippen LogP contribution in [-0.4, -0.2) is 0 Å². The van der Waals surface area contributed by atoms with Gasteiger partial charge in [-0.05, 0) is 41.8 Å². The fraction of sp³-hybridized carbons (Fsp3) is 0.143. The van der Waals surface area contributed by atoms with E-state index in [0.29, 0.717) is 15.6 Å². The second-order valence-electron chi connectivity index (χ2n) is 4.34. The topological polar surface area (TPSA) is 38.0 Å². The van der Waals surface area contributed by atoms with E-state index in [-0.39, 0.29) is 12.0 Å². The van der Waals surface area contributed by atoms with Crippen LogP contribution in [0.2, 0.25) is 10.0 Å². The summed E-state index contributed by atoms with van der Waals surface area (Å²) in [6.07, 6.45) is 0.177. The largest absolute Gasteiger partial charge is 0.271 e. The Bertz CT molecular complexity index is 600. The Morgan fingerprint density at radius 2 is 1.75 bits per heavy atom. The van der Waals surface area contributed by atoms with Crippen LogP contribution in [0.3, 0.4) is 0 Å². The van der Waals surface area contributed by atoms with Gasteiger partial charge in [0.05, 0.1) is 6.04 Å². The molecular formula is C14H12Cl2F2N2. The number of nitrogens with one attached hydrogen (secondary N) is 1. The molecular weight excluding hydrogens is 305 g/mol. The van der Waals surface area contributed by atoms with Gasteiger partial charge in [-0.25, -0.2) is 8.78 Å². The molecule has 0 amide bonds. The SMILES string of the molecule is NNC(Cc1cccc(F)c1F)c1cc(Cl)cc(Cl)c1. The number of hydrazine groups is 1. The highest BCUT2D eigenvalue weighted by Crippen LogP contribution is 2.26. The molecule has 0 aromatic heterocycles. The predicted octanol–water partition coefficient (Wildman–Crippen LogP) is 4.02. The van der Waals surface area contributed by atoms with Crippen molar-refractivity contribution < 1.29 is 8.78 Å². The number of hydrogen-bond acceptors (Lipinski definition) is 2. The van der Waals surface area contributed by atoms with Crippen molar-refractivity contribution >= 4 is 23.2 Å². The molecule has 0 bridgehead atoms. The van der Waals surface area contributed by atoms with Crippen LogP contribution < -0.4 is 11.3 Å². The monoisotopic (exact) mass is 316 g/mol. The maximum Gasteiger partial charge on any atom is 0.162 e. The lowest BCUT2D eigenvalue weighted by Crippen LogP contribution is -2.29. The first kappa shape index (κ1) is 15.2. The molecule has 0 saturated heterocycles. The van der Waals surface area contributed by atoms with Gasteiger partial charge in [0.1, 0.15) is 0 Å². The molecule has 0 spiro atoms. The minimum Gasteiger partial charge on any atom is -0.271 e. The summed E-state index contributed by atoms with van der Waals surface area (Å²) in [6, 6.07) is 8.54. The second kappa shape index (κ2) is 6.50. The minimum atomic E-state index is -0.887. The number of hydrogen-bond donors (Lipinski definition) is 2. The van der Waals surface area contributed by atoms with E-state index in [4.69, 9.17) is 29.0 Å². The number of halogens is 4. The summed E-state index contributed by atoms with van der Waals surface area (Å²) in [5, 5.41) is 0.903. The number of benzene rings is 2. The average Bonchev–Trinajstić information content (AvgIpc) is 2.39. The smallest absolute Gasteiger partial charge is 0.162 e. The Kier molecular flexibility index (Phi) is 4.94. The van der Waals surface area contributed by atoms with Gasteiger partial charge in [-0.2, -0.15) is 0 Å². The molecule has 0 heterocycles. The van der Waals surface area contributed by atoms with Gasteiger partial charge < -0.3 is 0 Å². The highest BCUT2D eigenvalue weighted by atomic mass is 35.5. The molecule has 1 atom stereocenters. The predicted molar refractivity (Wildman–Crippen MR) is 76.6 cm³/mol. The molecule has 0 aliphatic heterocycles. The first-order valence-electron chi connectivity index (χ1n) is 5.86. The summed E-state index contributed by atoms with van der Waals surface area (Å²) >= 11 is 11.8. The molecule has 0 aliphatic carbocycles. The maximum atomic E-state index is 13.7. The first-order chi connectivity index (χ1) is 9.51. The van der Waals surface area contributed by atoms with Crippen LogP contribution in [-0.2, 0) is 6.42 Å². The average molecular weight is 317 g/mol. The van der Waals surface area contributed by atoms with Crippen molar-refractivity contribution in [2.45, 2.75) is 12.5 Å². The van der Waals surface area contributed by atoms with E-state index < -0.39 is 17.7 Å². The van der Waals surface area contributed by atoms with Crippen molar-refractivity contribution in [1.29, 1.82) is 0 Å². The standard InChI is InChI=1S/C14H12Cl2F2N2/c15-10-4-9(5-11(16)7-10)13(20-19)6-8-2-1-3-12(17)14(8)18/h1-5,7,13,20H,6,19H2. The van der Waals surface area contributed by atoms with Gasteiger partial charge in [0.15, 0.2) is 11.6 Å². The summed E-state index contributed by atoms with van der Waals surface area (Å²) in [5.41, 5.74) is 3.49. The fourth-order valence-corrected chi connectivity index (χ4v) is 2.52. The van der Waals surface area contributed by atoms with E-state index in [0.717, 1.165) is 6.07 Å². The van der Waals surface area contributed by atoms with Gasteiger partial charge in [0.25, 0.3) is 0 Å². The van der Waals surface area contributed by atoms with E-state index in [2.05, 4.69) is 5.43 Å². The zero-order chi connectivity index (χ0) is 14.7. The normalized spacial score (nSPS) is 12.4. The molecule has 20 heavy (non-hydrogen) atoms. The summed E-state index contributed by atoms with van der Waals surface area (Å²) in [5.74, 6) is 3.73. The van der Waals surface area contributed by atoms with Crippen LogP contribution in [0.25, 0.3) is 0 Å². The van der Waals surface area contributed by atoms with Crippen molar-refractivity contribution in [2.24, 2.45) is 5.84 Å². The highest BCUT2D eigenvalue weighted by Gasteiger charge is 2.16. The van der Waals surface area contributed by atoms with Crippen LogP contribution in [0.15, 0.2) is 36.4 Å². The zero-order valence-corrected chi connectivity index (χ0v) is 11.8. The van der Waals surface area contributed by atoms with Crippen molar-refractivity contribution in [3.05, 3.63) is 69.2 Å². The Morgan fingerprint density at radius 1 is 1.10 bits per heavy atom. The van der Waals surface area contributed by atoms with Crippen LogP contribution >= 0.6 is 23.2 Å². The number of rotatable bonds is 4. The lowest BCUT2D eigenvalue weighted by Gasteiger charge is -2.17. The third-order valence-corrected chi connectivity index (χ3v) is 3.38. The van der Waals surface area contributed by atoms with Crippen molar-refractivity contribution in [3.63, 3.8) is 0 Å². The Labute approximate surface area is 125 Å². The molecule has 2 rings (SSSR count). The lowest BCUT2D eigenvalue weighted by molar-refractivity contribution is 0.481. The molecule has 3 N–H and O–H groups in total. The van der Waals surface area contributed by atoms with E-state index in [1.807, 2.05) is 0 Å². The van der Waals surface area contributed by atoms with E-state index in [1.165, 1.54) is 12.1 Å². The van der Waals surface area contributed by atoms with Crippen molar-refractivity contribution in [1.82, 2.24) is 5.43 Å². The van der Waals surface area contributed by atoms with Crippen molar-refractivity contribution in [2.75, 3.05) is 0 Å². The van der Waals surface area contributed by atoms with E-state index in [1.54, 1.807) is 18.2 Å². The van der Waals surface area contributed by atoms with Gasteiger partial charge in [0.2, 0.25) is 0 Å². The molecule has 0 radical (unpaired) electrons.